The Labute approximate surface area is 111 Å². The van der Waals surface area contributed by atoms with Crippen molar-refractivity contribution in [3.63, 3.8) is 0 Å². The van der Waals surface area contributed by atoms with Crippen molar-refractivity contribution >= 4 is 17.1 Å². The van der Waals surface area contributed by atoms with Gasteiger partial charge in [-0.3, -0.25) is 4.79 Å². The lowest BCUT2D eigenvalue weighted by atomic mass is 10.1. The Bertz CT molecular complexity index is 577. The number of carbonyl (C=O) groups is 1. The summed E-state index contributed by atoms with van der Waals surface area (Å²) < 4.78 is 5.41. The van der Waals surface area contributed by atoms with Crippen LogP contribution in [-0.4, -0.2) is 22.6 Å². The van der Waals surface area contributed by atoms with Gasteiger partial charge in [-0.05, 0) is 30.7 Å². The van der Waals surface area contributed by atoms with E-state index in [2.05, 4.69) is 10.3 Å². The van der Waals surface area contributed by atoms with Crippen LogP contribution in [0.25, 0.3) is 11.1 Å². The van der Waals surface area contributed by atoms with Gasteiger partial charge in [-0.15, -0.1) is 0 Å². The number of hydrogen-bond donors (Lipinski definition) is 2. The number of carboxylic acid groups (broad SMARTS) is 1. The highest BCUT2D eigenvalue weighted by Crippen LogP contribution is 2.16. The van der Waals surface area contributed by atoms with Crippen LogP contribution in [0, 0.1) is 12.8 Å². The van der Waals surface area contributed by atoms with Gasteiger partial charge in [0.2, 0.25) is 0 Å². The molecule has 1 unspecified atom stereocenters. The number of carboxylic acids is 1. The fourth-order valence-corrected chi connectivity index (χ4v) is 1.87. The molecule has 0 aliphatic heterocycles. The number of fused-ring (bicyclic) bond motifs is 1. The van der Waals surface area contributed by atoms with Crippen LogP contribution in [0.1, 0.15) is 24.8 Å². The summed E-state index contributed by atoms with van der Waals surface area (Å²) in [6, 6.07) is 5.88. The first-order valence-electron chi connectivity index (χ1n) is 6.36. The molecule has 0 spiro atoms. The first-order chi connectivity index (χ1) is 9.06. The van der Waals surface area contributed by atoms with Gasteiger partial charge < -0.3 is 14.8 Å². The number of rotatable bonds is 6. The van der Waals surface area contributed by atoms with Crippen LogP contribution in [0.3, 0.4) is 0 Å². The number of aryl methyl sites for hydroxylation is 1. The fourth-order valence-electron chi connectivity index (χ4n) is 1.87. The second-order valence-electron chi connectivity index (χ2n) is 4.74. The Kier molecular flexibility index (Phi) is 4.16. The van der Waals surface area contributed by atoms with Crippen LogP contribution in [0.5, 0.6) is 0 Å². The molecule has 0 aliphatic carbocycles. The predicted octanol–water partition coefficient (Wildman–Crippen LogP) is 2.34. The van der Waals surface area contributed by atoms with Crippen molar-refractivity contribution in [2.45, 2.75) is 26.8 Å². The Hall–Kier alpha value is -1.88. The zero-order valence-electron chi connectivity index (χ0n) is 11.1. The number of nitrogens with zero attached hydrogens (tertiary/aromatic N) is 1. The van der Waals surface area contributed by atoms with E-state index in [1.165, 1.54) is 0 Å². The van der Waals surface area contributed by atoms with E-state index in [9.17, 15) is 4.79 Å². The predicted molar refractivity (Wildman–Crippen MR) is 71.9 cm³/mol. The highest BCUT2D eigenvalue weighted by Gasteiger charge is 2.09. The van der Waals surface area contributed by atoms with Crippen LogP contribution in [0.4, 0.5) is 0 Å². The molecule has 0 aliphatic rings. The smallest absolute Gasteiger partial charge is 0.306 e. The van der Waals surface area contributed by atoms with E-state index in [1.807, 2.05) is 25.1 Å². The van der Waals surface area contributed by atoms with E-state index in [-0.39, 0.29) is 5.92 Å². The van der Waals surface area contributed by atoms with Crippen LogP contribution in [-0.2, 0) is 11.3 Å². The largest absolute Gasteiger partial charge is 0.481 e. The maximum absolute atomic E-state index is 10.7. The van der Waals surface area contributed by atoms with Crippen LogP contribution < -0.4 is 5.32 Å². The minimum atomic E-state index is -0.749. The Morgan fingerprint density at radius 3 is 3.05 bits per heavy atom. The monoisotopic (exact) mass is 262 g/mol. The van der Waals surface area contributed by atoms with E-state index in [4.69, 9.17) is 9.52 Å². The first kappa shape index (κ1) is 13.5. The molecule has 1 heterocycles. The zero-order valence-corrected chi connectivity index (χ0v) is 11.1. The van der Waals surface area contributed by atoms with Gasteiger partial charge in [0.05, 0.1) is 5.92 Å². The van der Waals surface area contributed by atoms with Crippen LogP contribution in [0.15, 0.2) is 22.6 Å². The molecule has 0 fully saturated rings. The molecular formula is C14H18N2O3. The van der Waals surface area contributed by atoms with Crippen molar-refractivity contribution in [3.8, 4) is 0 Å². The van der Waals surface area contributed by atoms with E-state index in [1.54, 1.807) is 6.92 Å². The second-order valence-corrected chi connectivity index (χ2v) is 4.74. The third kappa shape index (κ3) is 3.54. The van der Waals surface area contributed by atoms with Gasteiger partial charge in [0.1, 0.15) is 5.52 Å². The minimum Gasteiger partial charge on any atom is -0.481 e. The molecule has 2 N–H and O–H groups in total. The number of oxazole rings is 1. The molecule has 0 saturated carbocycles. The van der Waals surface area contributed by atoms with Crippen LogP contribution >= 0.6 is 0 Å². The summed E-state index contributed by atoms with van der Waals surface area (Å²) in [6.45, 7) is 4.93. The molecule has 5 heteroatoms. The van der Waals surface area contributed by atoms with Crippen molar-refractivity contribution in [2.75, 3.05) is 6.54 Å². The van der Waals surface area contributed by atoms with Crippen molar-refractivity contribution in [2.24, 2.45) is 5.92 Å². The summed E-state index contributed by atoms with van der Waals surface area (Å²) in [5.41, 5.74) is 2.76. The number of nitrogens with one attached hydrogen (secondary N) is 1. The lowest BCUT2D eigenvalue weighted by Crippen LogP contribution is -2.20. The average Bonchev–Trinajstić information content (AvgIpc) is 2.73. The molecule has 1 atom stereocenters. The van der Waals surface area contributed by atoms with Crippen molar-refractivity contribution in [1.82, 2.24) is 10.3 Å². The topological polar surface area (TPSA) is 75.4 Å². The molecule has 1 aromatic carbocycles. The summed E-state index contributed by atoms with van der Waals surface area (Å²) in [6.07, 6.45) is 0.626. The highest BCUT2D eigenvalue weighted by atomic mass is 16.4. The summed E-state index contributed by atoms with van der Waals surface area (Å²) in [7, 11) is 0. The van der Waals surface area contributed by atoms with Gasteiger partial charge in [-0.25, -0.2) is 4.98 Å². The molecule has 1 aromatic heterocycles. The average molecular weight is 262 g/mol. The van der Waals surface area contributed by atoms with Crippen molar-refractivity contribution in [3.05, 3.63) is 29.7 Å². The summed E-state index contributed by atoms with van der Waals surface area (Å²) in [5.74, 6) is -0.398. The molecule has 102 valence electrons. The van der Waals surface area contributed by atoms with Gasteiger partial charge in [0, 0.05) is 13.5 Å². The standard InChI is InChI=1S/C14H18N2O3/c1-9(14(17)18)5-6-15-8-11-3-4-13-12(7-11)16-10(2)19-13/h3-4,7,9,15H,5-6,8H2,1-2H3,(H,17,18). The molecule has 0 saturated heterocycles. The third-order valence-electron chi connectivity index (χ3n) is 3.06. The molecule has 0 radical (unpaired) electrons. The molecule has 0 amide bonds. The minimum absolute atomic E-state index is 0.312. The van der Waals surface area contributed by atoms with Gasteiger partial charge in [0.15, 0.2) is 11.5 Å². The molecule has 5 nitrogen and oxygen atoms in total. The lowest BCUT2D eigenvalue weighted by molar-refractivity contribution is -0.141. The third-order valence-corrected chi connectivity index (χ3v) is 3.06. The maximum Gasteiger partial charge on any atom is 0.306 e. The summed E-state index contributed by atoms with van der Waals surface area (Å²) >= 11 is 0. The normalized spacial score (nSPS) is 12.7. The molecule has 2 aromatic rings. The quantitative estimate of drug-likeness (QED) is 0.781. The maximum atomic E-state index is 10.7. The number of hydrogen-bond acceptors (Lipinski definition) is 4. The summed E-state index contributed by atoms with van der Waals surface area (Å²) in [5, 5.41) is 12.0. The van der Waals surface area contributed by atoms with E-state index in [0.29, 0.717) is 25.4 Å². The highest BCUT2D eigenvalue weighted by molar-refractivity contribution is 5.73. The van der Waals surface area contributed by atoms with Gasteiger partial charge >= 0.3 is 5.97 Å². The van der Waals surface area contributed by atoms with Crippen molar-refractivity contribution < 1.29 is 14.3 Å². The van der Waals surface area contributed by atoms with E-state index >= 15 is 0 Å². The SMILES string of the molecule is Cc1nc2cc(CNCCC(C)C(=O)O)ccc2o1. The Balaban J connectivity index is 1.86. The Morgan fingerprint density at radius 2 is 2.32 bits per heavy atom. The first-order valence-corrected chi connectivity index (χ1v) is 6.36. The van der Waals surface area contributed by atoms with Crippen molar-refractivity contribution in [1.29, 1.82) is 0 Å². The molecular weight excluding hydrogens is 244 g/mol. The lowest BCUT2D eigenvalue weighted by Gasteiger charge is -2.07. The second kappa shape index (κ2) is 5.84. The van der Waals surface area contributed by atoms with E-state index in [0.717, 1.165) is 16.7 Å². The molecule has 0 bridgehead atoms. The molecule has 2 rings (SSSR count). The van der Waals surface area contributed by atoms with E-state index < -0.39 is 5.97 Å². The Morgan fingerprint density at radius 1 is 1.53 bits per heavy atom. The number of benzene rings is 1. The van der Waals surface area contributed by atoms with Crippen LogP contribution in [0.2, 0.25) is 0 Å². The van der Waals surface area contributed by atoms with Gasteiger partial charge in [0.25, 0.3) is 0 Å². The van der Waals surface area contributed by atoms with Gasteiger partial charge in [-0.1, -0.05) is 13.0 Å². The molecule has 19 heavy (non-hydrogen) atoms. The fraction of sp³-hybridized carbons (Fsp3) is 0.429. The summed E-state index contributed by atoms with van der Waals surface area (Å²) in [4.78, 5) is 14.9. The zero-order chi connectivity index (χ0) is 13.8. The number of aliphatic carboxylic acids is 1. The van der Waals surface area contributed by atoms with Gasteiger partial charge in [-0.2, -0.15) is 0 Å². The number of aromatic nitrogens is 1.